The summed E-state index contributed by atoms with van der Waals surface area (Å²) in [4.78, 5) is 203. The maximum atomic E-state index is 15.1. The van der Waals surface area contributed by atoms with E-state index in [2.05, 4.69) is 70.7 Å². The summed E-state index contributed by atoms with van der Waals surface area (Å²) in [6.07, 6.45) is 14.6. The molecule has 2 saturated heterocycles. The van der Waals surface area contributed by atoms with Crippen LogP contribution in [0.15, 0.2) is 42.1 Å². The van der Waals surface area contributed by atoms with Crippen molar-refractivity contribution < 1.29 is 77.0 Å². The zero-order chi connectivity index (χ0) is 85.6. The lowest BCUT2D eigenvalue weighted by atomic mass is 9.95. The fraction of sp³-hybridized carbons (Fsp3) is 0.738. The molecular weight excluding hydrogens is 1460 g/mol. The highest BCUT2D eigenvalue weighted by Gasteiger charge is 2.45. The van der Waals surface area contributed by atoms with E-state index < -0.39 is 203 Å². The lowest BCUT2D eigenvalue weighted by molar-refractivity contribution is -0.157. The van der Waals surface area contributed by atoms with E-state index in [1.165, 1.54) is 83.1 Å². The van der Waals surface area contributed by atoms with Crippen LogP contribution in [0.2, 0.25) is 0 Å². The third kappa shape index (κ3) is 32.6. The van der Waals surface area contributed by atoms with Crippen LogP contribution in [0, 0.1) is 41.4 Å². The molecule has 644 valence electrons. The third-order valence-electron chi connectivity index (χ3n) is 21.6. The van der Waals surface area contributed by atoms with Crippen molar-refractivity contribution in [1.29, 1.82) is 0 Å². The molecule has 3 rings (SSSR count). The first-order valence-electron chi connectivity index (χ1n) is 42.1. The van der Waals surface area contributed by atoms with Crippen LogP contribution in [-0.4, -0.2) is 191 Å². The van der Waals surface area contributed by atoms with Crippen molar-refractivity contribution in [2.75, 3.05) is 13.1 Å². The van der Waals surface area contributed by atoms with E-state index >= 15 is 9.59 Å². The lowest BCUT2D eigenvalue weighted by Gasteiger charge is -2.33. The molecule has 0 radical (unpaired) electrons. The number of ether oxygens (including phenoxy) is 1. The Hall–Kier alpha value is -8.54. The number of aliphatic hydroxyl groups is 1. The molecule has 114 heavy (non-hydrogen) atoms. The van der Waals surface area contributed by atoms with Crippen LogP contribution in [0.25, 0.3) is 0 Å². The van der Waals surface area contributed by atoms with Gasteiger partial charge in [0.25, 0.3) is 5.91 Å². The molecule has 0 unspecified atom stereocenters. The van der Waals surface area contributed by atoms with Gasteiger partial charge in [-0.15, -0.1) is 0 Å². The van der Waals surface area contributed by atoms with Gasteiger partial charge in [-0.25, -0.2) is 4.79 Å². The summed E-state index contributed by atoms with van der Waals surface area (Å²) in [5, 5.41) is 43.5. The van der Waals surface area contributed by atoms with Crippen molar-refractivity contribution in [2.24, 2.45) is 47.2 Å². The predicted octanol–water partition coefficient (Wildman–Crippen LogP) is 5.49. The number of carbonyl (C=O) groups excluding carboxylic acids is 14. The number of nitrogens with zero attached hydrogens (tertiary/aromatic N) is 1. The van der Waals surface area contributed by atoms with E-state index in [1.807, 2.05) is 0 Å². The van der Waals surface area contributed by atoms with Gasteiger partial charge in [0, 0.05) is 19.4 Å². The smallest absolute Gasteiger partial charge is 0.329 e. The van der Waals surface area contributed by atoms with Crippen molar-refractivity contribution in [3.63, 3.8) is 0 Å². The Labute approximate surface area is 677 Å². The van der Waals surface area contributed by atoms with Gasteiger partial charge in [0.05, 0.1) is 6.10 Å². The Morgan fingerprint density at radius 3 is 1.59 bits per heavy atom. The minimum absolute atomic E-state index is 0.0351. The van der Waals surface area contributed by atoms with Crippen molar-refractivity contribution >= 4 is 82.8 Å². The number of amides is 13. The quantitative estimate of drug-likeness (QED) is 0.0218. The summed E-state index contributed by atoms with van der Waals surface area (Å²) in [5.41, 5.74) is 6.36. The molecule has 0 bridgehead atoms. The molecule has 1 aromatic carbocycles. The molecule has 0 spiro atoms. The van der Waals surface area contributed by atoms with E-state index in [4.69, 9.17) is 10.5 Å². The van der Waals surface area contributed by atoms with Gasteiger partial charge in [0.1, 0.15) is 84.3 Å². The highest BCUT2D eigenvalue weighted by molar-refractivity contribution is 6.03. The van der Waals surface area contributed by atoms with Gasteiger partial charge in [-0.1, -0.05) is 230 Å². The first-order valence-corrected chi connectivity index (χ1v) is 42.1. The number of esters is 1. The molecule has 13 amide bonds. The maximum Gasteiger partial charge on any atom is 0.329 e. The van der Waals surface area contributed by atoms with Gasteiger partial charge < -0.3 is 84.3 Å². The topological polar surface area (TPSA) is 442 Å². The average Bonchev–Trinajstić information content (AvgIpc) is 1.43. The van der Waals surface area contributed by atoms with Crippen molar-refractivity contribution in [3.8, 4) is 0 Å². The number of hydrogen-bond donors (Lipinski definition) is 14. The highest BCUT2D eigenvalue weighted by Crippen LogP contribution is 2.24. The summed E-state index contributed by atoms with van der Waals surface area (Å²) in [6.45, 7) is 30.0. The zero-order valence-electron chi connectivity index (χ0n) is 71.4. The molecule has 2 aliphatic rings. The van der Waals surface area contributed by atoms with Crippen molar-refractivity contribution in [3.05, 3.63) is 47.7 Å². The van der Waals surface area contributed by atoms with E-state index in [0.717, 1.165) is 25.7 Å². The van der Waals surface area contributed by atoms with E-state index in [9.17, 15) is 62.6 Å². The molecule has 0 saturated carbocycles. The zero-order valence-corrected chi connectivity index (χ0v) is 71.4. The number of rotatable bonds is 43. The van der Waals surface area contributed by atoms with Gasteiger partial charge >= 0.3 is 5.97 Å². The summed E-state index contributed by atoms with van der Waals surface area (Å²) in [7, 11) is 0. The Morgan fingerprint density at radius 2 is 1.07 bits per heavy atom. The molecule has 15 N–H and O–H groups in total. The monoisotopic (exact) mass is 1600 g/mol. The van der Waals surface area contributed by atoms with Crippen LogP contribution in [0.5, 0.6) is 0 Å². The Kier molecular flexibility index (Phi) is 45.0. The van der Waals surface area contributed by atoms with Crippen molar-refractivity contribution in [1.82, 2.24) is 68.7 Å². The Balaban J connectivity index is 1.90. The molecule has 0 aromatic heterocycles. The average molecular weight is 1600 g/mol. The standard InChI is InChI=1S/C84H142N14O16/c1-19-23-24-25-26-27-28-29-30-31-32-33-37-44-62(100)89-63(48(5)6)77(106)96-70(55(17)99)81(110)91-65(50(9)10)78(107)92-66(51(11)12)83(112)98-46-39-43-61(98)75(104)87-59(42-38-45-85)73(102)94-68(53(15)20-2)80(109)97-71-56(18)114-84(113)67(52(13)14)93-72(101)58(22-4)86-74(103)60(47-57-40-35-34-36-41-57)88-76(105)64(49(7)8)90-79(108)69(54(16)21-3)95-82(71)111/h22,34-36,40-41,48-56,59-61,63-71,99H,19-21,23-33,37-39,42-47,85H2,1-18H3,(H,86,103)(H,87,104)(H,88,105)(H,89,100)(H,90,108)(H,91,110)(H,92,107)(H,93,101)(H,94,102)(H,95,111)(H,96,106)(H,97,109)/b58-22-/t53-,54-,55-,56+,59+,60+,61-,63-,64-,65+,66-,67+,68-,69-,70+,71-/m1/s1. The second-order valence-electron chi connectivity index (χ2n) is 32.9. The lowest BCUT2D eigenvalue weighted by Crippen LogP contribution is -2.64. The van der Waals surface area contributed by atoms with Crippen LogP contribution in [0.1, 0.15) is 259 Å². The van der Waals surface area contributed by atoms with Gasteiger partial charge in [0.2, 0.25) is 70.9 Å². The molecule has 2 fully saturated rings. The second kappa shape index (κ2) is 51.4. The second-order valence-corrected chi connectivity index (χ2v) is 32.9. The number of allylic oxidation sites excluding steroid dienone is 1. The number of benzene rings is 1. The Morgan fingerprint density at radius 1 is 0.561 bits per heavy atom. The summed E-state index contributed by atoms with van der Waals surface area (Å²) >= 11 is 0. The normalized spacial score (nSPS) is 21.7. The van der Waals surface area contributed by atoms with Crippen LogP contribution in [-0.2, 0) is 78.3 Å². The largest absolute Gasteiger partial charge is 0.458 e. The van der Waals surface area contributed by atoms with Gasteiger partial charge in [-0.05, 0) is 106 Å². The van der Waals surface area contributed by atoms with Crippen LogP contribution in [0.4, 0.5) is 0 Å². The third-order valence-corrected chi connectivity index (χ3v) is 21.6. The highest BCUT2D eigenvalue weighted by atomic mass is 16.5. The first kappa shape index (κ1) is 99.7. The fourth-order valence-electron chi connectivity index (χ4n) is 13.8. The van der Waals surface area contributed by atoms with Gasteiger partial charge in [0.15, 0.2) is 0 Å². The van der Waals surface area contributed by atoms with Crippen LogP contribution >= 0.6 is 0 Å². The number of nitrogens with one attached hydrogen (secondary N) is 12. The molecule has 1 aromatic rings. The molecule has 2 heterocycles. The minimum Gasteiger partial charge on any atom is -0.458 e. The SMILES string of the molecule is C/C=C1\NC(=O)[C@H](Cc2ccccc2)NC(=O)[C@@H](C(C)C)NC(=O)[C@@H]([C@H](C)CC)NC(=O)[C@H](NC(=O)[C@H](NC(=O)[C@H](CCCN)NC(=O)[C@H]2CCCN2C(=O)[C@H](NC(=O)[C@@H](NC(=O)[C@@H](NC(=O)[C@H](NC(=O)CCCCCCCCCCCCCCC)C(C)C)[C@@H](C)O)C(C)C)C(C)C)[C@H](C)CC)[C@H](C)OC(=O)[C@H](C(C)C)NC1=O. The van der Waals surface area contributed by atoms with Gasteiger partial charge in [-0.3, -0.25) is 62.3 Å². The fourth-order valence-corrected chi connectivity index (χ4v) is 13.8. The number of unbranched alkanes of at least 4 members (excludes halogenated alkanes) is 12. The summed E-state index contributed by atoms with van der Waals surface area (Å²) in [5.74, 6) is -15.4. The van der Waals surface area contributed by atoms with E-state index in [0.29, 0.717) is 24.8 Å². The summed E-state index contributed by atoms with van der Waals surface area (Å²) < 4.78 is 5.98. The number of hydrogen-bond acceptors (Lipinski definition) is 17. The molecular formula is C84H142N14O16. The number of likely N-dealkylation sites (tertiary alicyclic amines) is 1. The molecule has 16 atom stereocenters. The number of cyclic esters (lactones) is 1. The van der Waals surface area contributed by atoms with Gasteiger partial charge in [-0.2, -0.15) is 0 Å². The Bertz CT molecular complexity index is 3310. The predicted molar refractivity (Wildman–Crippen MR) is 437 cm³/mol. The maximum absolute atomic E-state index is 15.1. The van der Waals surface area contributed by atoms with Crippen LogP contribution < -0.4 is 69.5 Å². The minimum atomic E-state index is -1.83. The first-order chi connectivity index (χ1) is 53.9. The molecule has 30 nitrogen and oxygen atoms in total. The van der Waals surface area contributed by atoms with Crippen LogP contribution in [0.3, 0.4) is 0 Å². The summed E-state index contributed by atoms with van der Waals surface area (Å²) in [6, 6.07) is -7.66. The molecule has 0 aliphatic carbocycles. The number of nitrogens with two attached hydrogens (primary N) is 1. The van der Waals surface area contributed by atoms with Crippen molar-refractivity contribution in [2.45, 2.75) is 344 Å². The number of aliphatic hydroxyl groups excluding tert-OH is 1. The van der Waals surface area contributed by atoms with E-state index in [1.54, 1.807) is 127 Å². The number of carbonyl (C=O) groups is 14. The van der Waals surface area contributed by atoms with E-state index in [-0.39, 0.29) is 63.2 Å². The molecule has 2 aliphatic heterocycles. The molecule has 30 heteroatoms.